The number of nitro groups is 2. The molecule has 0 spiro atoms. The molecule has 0 saturated carbocycles. The van der Waals surface area contributed by atoms with E-state index in [1.165, 1.54) is 31.2 Å². The Balaban J connectivity index is 2.69. The molecular weight excluding hydrogens is 394 g/mol. The van der Waals surface area contributed by atoms with Crippen LogP contribution in [0.3, 0.4) is 0 Å². The van der Waals surface area contributed by atoms with Crippen molar-refractivity contribution in [3.8, 4) is 0 Å². The van der Waals surface area contributed by atoms with Gasteiger partial charge in [0, 0.05) is 18.2 Å². The molecule has 12 heteroatoms. The number of non-ortho nitro benzene ring substituents is 1. The van der Waals surface area contributed by atoms with Crippen molar-refractivity contribution in [2.45, 2.75) is 11.8 Å². The van der Waals surface area contributed by atoms with Crippen molar-refractivity contribution in [3.05, 3.63) is 68.3 Å². The van der Waals surface area contributed by atoms with Gasteiger partial charge in [-0.2, -0.15) is 0 Å². The summed E-state index contributed by atoms with van der Waals surface area (Å²) in [4.78, 5) is 32.1. The predicted octanol–water partition coefficient (Wildman–Crippen LogP) is 2.18. The van der Waals surface area contributed by atoms with Gasteiger partial charge in [0.05, 0.1) is 33.1 Å². The van der Waals surface area contributed by atoms with Crippen LogP contribution >= 0.6 is 0 Å². The Kier molecular flexibility index (Phi) is 5.93. The van der Waals surface area contributed by atoms with Gasteiger partial charge in [-0.25, -0.2) is 8.42 Å². The van der Waals surface area contributed by atoms with E-state index >= 15 is 0 Å². The van der Waals surface area contributed by atoms with E-state index in [4.69, 9.17) is 0 Å². The first kappa shape index (κ1) is 20.8. The van der Waals surface area contributed by atoms with Crippen LogP contribution in [0.5, 0.6) is 0 Å². The fourth-order valence-electron chi connectivity index (χ4n) is 2.45. The van der Waals surface area contributed by atoms with Crippen LogP contribution in [0.4, 0.5) is 17.1 Å². The van der Waals surface area contributed by atoms with E-state index in [-0.39, 0.29) is 16.9 Å². The lowest BCUT2D eigenvalue weighted by Crippen LogP contribution is -2.36. The van der Waals surface area contributed by atoms with E-state index in [1.54, 1.807) is 0 Å². The summed E-state index contributed by atoms with van der Waals surface area (Å²) in [5.74, 6) is -0.917. The first-order chi connectivity index (χ1) is 13.1. The Hall–Kier alpha value is -3.54. The van der Waals surface area contributed by atoms with Crippen LogP contribution in [0.1, 0.15) is 5.56 Å². The van der Waals surface area contributed by atoms with Crippen molar-refractivity contribution in [2.75, 3.05) is 18.0 Å². The Bertz CT molecular complexity index is 1050. The highest BCUT2D eigenvalue weighted by atomic mass is 32.2. The molecule has 0 aliphatic rings. The number of methoxy groups -OCH3 is 1. The number of sulfonamides is 1. The van der Waals surface area contributed by atoms with Crippen molar-refractivity contribution in [1.29, 1.82) is 0 Å². The Morgan fingerprint density at radius 1 is 1.11 bits per heavy atom. The van der Waals surface area contributed by atoms with Crippen molar-refractivity contribution in [1.82, 2.24) is 0 Å². The monoisotopic (exact) mass is 409 g/mol. The predicted molar refractivity (Wildman–Crippen MR) is 97.5 cm³/mol. The number of hydrogen-bond donors (Lipinski definition) is 0. The third-order valence-electron chi connectivity index (χ3n) is 3.86. The third-order valence-corrected chi connectivity index (χ3v) is 5.61. The van der Waals surface area contributed by atoms with Crippen molar-refractivity contribution >= 4 is 33.1 Å². The molecule has 0 N–H and O–H groups in total. The number of rotatable bonds is 7. The molecule has 2 rings (SSSR count). The maximum Gasteiger partial charge on any atom is 0.326 e. The first-order valence-corrected chi connectivity index (χ1v) is 9.11. The second kappa shape index (κ2) is 8.00. The molecule has 0 atom stereocenters. The number of nitro benzene ring substituents is 2. The van der Waals surface area contributed by atoms with Crippen molar-refractivity contribution < 1.29 is 27.8 Å². The van der Waals surface area contributed by atoms with Gasteiger partial charge in [0.2, 0.25) is 0 Å². The van der Waals surface area contributed by atoms with Crippen LogP contribution in [0.25, 0.3) is 0 Å². The molecule has 0 saturated heterocycles. The summed E-state index contributed by atoms with van der Waals surface area (Å²) in [6.45, 7) is 0.560. The van der Waals surface area contributed by atoms with Gasteiger partial charge in [-0.05, 0) is 19.1 Å². The number of esters is 1. The number of hydrogen-bond acceptors (Lipinski definition) is 8. The van der Waals surface area contributed by atoms with Crippen LogP contribution in [-0.2, 0) is 19.6 Å². The SMILES string of the molecule is COC(=O)CN(c1cccc([N+](=O)[O-])c1C)S(=O)(=O)c1cccc([N+](=O)[O-])c1. The number of ether oxygens (including phenoxy) is 1. The standard InChI is InChI=1S/C16H15N3O8S/c1-11-14(7-4-8-15(11)19(23)24)17(10-16(20)27-2)28(25,26)13-6-3-5-12(9-13)18(21)22/h3-9H,10H2,1-2H3. The van der Waals surface area contributed by atoms with Crippen LogP contribution in [0, 0.1) is 27.2 Å². The number of carbonyl (C=O) groups excluding carboxylic acids is 1. The summed E-state index contributed by atoms with van der Waals surface area (Å²) in [6.07, 6.45) is 0. The maximum atomic E-state index is 13.1. The van der Waals surface area contributed by atoms with Crippen LogP contribution in [0.2, 0.25) is 0 Å². The summed E-state index contributed by atoms with van der Waals surface area (Å²) < 4.78 is 31.4. The van der Waals surface area contributed by atoms with E-state index in [9.17, 15) is 33.4 Å². The van der Waals surface area contributed by atoms with Gasteiger partial charge >= 0.3 is 5.97 Å². The summed E-state index contributed by atoms with van der Waals surface area (Å²) >= 11 is 0. The lowest BCUT2D eigenvalue weighted by Gasteiger charge is -2.24. The molecule has 0 amide bonds. The molecule has 0 aliphatic carbocycles. The lowest BCUT2D eigenvalue weighted by molar-refractivity contribution is -0.385. The van der Waals surface area contributed by atoms with Gasteiger partial charge in [0.25, 0.3) is 21.4 Å². The second-order valence-corrected chi connectivity index (χ2v) is 7.38. The van der Waals surface area contributed by atoms with Gasteiger partial charge in [0.15, 0.2) is 0 Å². The zero-order valence-electron chi connectivity index (χ0n) is 14.8. The molecule has 0 aromatic heterocycles. The Labute approximate surface area is 159 Å². The molecule has 11 nitrogen and oxygen atoms in total. The molecule has 28 heavy (non-hydrogen) atoms. The highest BCUT2D eigenvalue weighted by Crippen LogP contribution is 2.32. The topological polar surface area (TPSA) is 150 Å². The normalized spacial score (nSPS) is 10.9. The van der Waals surface area contributed by atoms with E-state index in [1.807, 2.05) is 0 Å². The van der Waals surface area contributed by atoms with E-state index in [0.29, 0.717) is 4.31 Å². The summed E-state index contributed by atoms with van der Waals surface area (Å²) in [5, 5.41) is 22.2. The average molecular weight is 409 g/mol. The fraction of sp³-hybridized carbons (Fsp3) is 0.188. The average Bonchev–Trinajstić information content (AvgIpc) is 2.66. The van der Waals surface area contributed by atoms with Gasteiger partial charge in [-0.15, -0.1) is 0 Å². The molecule has 0 bridgehead atoms. The van der Waals surface area contributed by atoms with Crippen molar-refractivity contribution in [2.24, 2.45) is 0 Å². The third kappa shape index (κ3) is 4.06. The molecule has 2 aromatic carbocycles. The minimum absolute atomic E-state index is 0.00501. The molecule has 2 aromatic rings. The number of benzene rings is 2. The minimum Gasteiger partial charge on any atom is -0.468 e. The zero-order chi connectivity index (χ0) is 21.1. The van der Waals surface area contributed by atoms with E-state index < -0.39 is 43.0 Å². The zero-order valence-corrected chi connectivity index (χ0v) is 15.6. The first-order valence-electron chi connectivity index (χ1n) is 7.67. The number of carbonyl (C=O) groups is 1. The fourth-order valence-corrected chi connectivity index (χ4v) is 3.95. The molecule has 0 unspecified atom stereocenters. The smallest absolute Gasteiger partial charge is 0.326 e. The highest BCUT2D eigenvalue weighted by Gasteiger charge is 2.31. The van der Waals surface area contributed by atoms with Crippen molar-refractivity contribution in [3.63, 3.8) is 0 Å². The molecule has 0 heterocycles. The van der Waals surface area contributed by atoms with Crippen LogP contribution in [-0.4, -0.2) is 37.9 Å². The second-order valence-electron chi connectivity index (χ2n) is 5.52. The summed E-state index contributed by atoms with van der Waals surface area (Å²) in [6, 6.07) is 8.01. The van der Waals surface area contributed by atoms with Crippen LogP contribution < -0.4 is 4.31 Å². The molecule has 148 valence electrons. The van der Waals surface area contributed by atoms with Crippen LogP contribution in [0.15, 0.2) is 47.4 Å². The maximum absolute atomic E-state index is 13.1. The lowest BCUT2D eigenvalue weighted by atomic mass is 10.1. The van der Waals surface area contributed by atoms with Gasteiger partial charge in [-0.1, -0.05) is 12.1 Å². The van der Waals surface area contributed by atoms with Gasteiger partial charge in [-0.3, -0.25) is 29.3 Å². The summed E-state index contributed by atoms with van der Waals surface area (Å²) in [7, 11) is -3.42. The summed E-state index contributed by atoms with van der Waals surface area (Å²) in [5.41, 5.74) is -0.923. The van der Waals surface area contributed by atoms with Gasteiger partial charge < -0.3 is 4.74 Å². The van der Waals surface area contributed by atoms with Gasteiger partial charge in [0.1, 0.15) is 6.54 Å². The Morgan fingerprint density at radius 2 is 1.75 bits per heavy atom. The number of anilines is 1. The number of nitrogens with zero attached hydrogens (tertiary/aromatic N) is 3. The van der Waals surface area contributed by atoms with E-state index in [2.05, 4.69) is 4.74 Å². The molecule has 0 fully saturated rings. The minimum atomic E-state index is -4.47. The Morgan fingerprint density at radius 3 is 2.32 bits per heavy atom. The highest BCUT2D eigenvalue weighted by molar-refractivity contribution is 7.92. The largest absolute Gasteiger partial charge is 0.468 e. The van der Waals surface area contributed by atoms with E-state index in [0.717, 1.165) is 25.3 Å². The quantitative estimate of drug-likeness (QED) is 0.383. The molecule has 0 radical (unpaired) electrons. The molecule has 0 aliphatic heterocycles. The molecular formula is C16H15N3O8S.